The number of rotatable bonds is 8. The van der Waals surface area contributed by atoms with Gasteiger partial charge in [0.15, 0.2) is 0 Å². The van der Waals surface area contributed by atoms with Gasteiger partial charge in [0.2, 0.25) is 5.91 Å². The highest BCUT2D eigenvalue weighted by Gasteiger charge is 2.08. The monoisotopic (exact) mass is 423 g/mol. The molecule has 1 heterocycles. The van der Waals surface area contributed by atoms with Crippen LogP contribution >= 0.6 is 11.8 Å². The number of carbonyl (C=O) groups is 2. The van der Waals surface area contributed by atoms with Crippen LogP contribution in [-0.4, -0.2) is 41.5 Å². The quantitative estimate of drug-likeness (QED) is 0.432. The van der Waals surface area contributed by atoms with Crippen LogP contribution in [0.4, 0.5) is 5.69 Å². The summed E-state index contributed by atoms with van der Waals surface area (Å²) in [6, 6.07) is 17.9. The van der Waals surface area contributed by atoms with Gasteiger partial charge in [0.25, 0.3) is 0 Å². The number of nitrogens with one attached hydrogen (secondary N) is 1. The average molecular weight is 423 g/mol. The van der Waals surface area contributed by atoms with E-state index in [0.717, 1.165) is 17.0 Å². The number of hydrogen-bond acceptors (Lipinski definition) is 7. The number of amides is 1. The van der Waals surface area contributed by atoms with Gasteiger partial charge >= 0.3 is 5.97 Å². The molecule has 0 atom stereocenters. The summed E-state index contributed by atoms with van der Waals surface area (Å²) in [5.74, 6) is 0.404. The predicted molar refractivity (Wildman–Crippen MR) is 116 cm³/mol. The van der Waals surface area contributed by atoms with Gasteiger partial charge < -0.3 is 14.8 Å². The van der Waals surface area contributed by atoms with Crippen molar-refractivity contribution in [2.24, 2.45) is 0 Å². The maximum atomic E-state index is 12.2. The molecule has 0 aliphatic heterocycles. The molecule has 0 saturated heterocycles. The maximum absolute atomic E-state index is 12.2. The Bertz CT molecular complexity index is 990. The van der Waals surface area contributed by atoms with E-state index in [-0.39, 0.29) is 11.7 Å². The van der Waals surface area contributed by atoms with E-state index in [0.29, 0.717) is 22.9 Å². The third kappa shape index (κ3) is 5.81. The van der Waals surface area contributed by atoms with Crippen molar-refractivity contribution < 1.29 is 19.1 Å². The number of thioether (sulfide) groups is 1. The van der Waals surface area contributed by atoms with Crippen LogP contribution in [0.3, 0.4) is 0 Å². The van der Waals surface area contributed by atoms with E-state index in [2.05, 4.69) is 20.3 Å². The van der Waals surface area contributed by atoms with E-state index in [1.54, 1.807) is 24.3 Å². The van der Waals surface area contributed by atoms with Crippen LogP contribution in [0.2, 0.25) is 0 Å². The molecular formula is C22H21N3O4S. The Labute approximate surface area is 178 Å². The lowest BCUT2D eigenvalue weighted by Crippen LogP contribution is -2.14. The lowest BCUT2D eigenvalue weighted by atomic mass is 10.1. The zero-order chi connectivity index (χ0) is 21.3. The molecule has 154 valence electrons. The summed E-state index contributed by atoms with van der Waals surface area (Å²) in [4.78, 5) is 23.6. The van der Waals surface area contributed by atoms with Gasteiger partial charge in [0.05, 0.1) is 30.7 Å². The zero-order valence-electron chi connectivity index (χ0n) is 16.6. The average Bonchev–Trinajstić information content (AvgIpc) is 2.79. The van der Waals surface area contributed by atoms with Gasteiger partial charge in [-0.1, -0.05) is 11.8 Å². The molecule has 0 saturated carbocycles. The lowest BCUT2D eigenvalue weighted by Gasteiger charge is -2.06. The SMILES string of the molecule is CCOc1ccc(-c2ccc(SCC(=O)Nc3ccc(C(=O)OC)cc3)nn2)cc1. The Morgan fingerprint density at radius 2 is 1.70 bits per heavy atom. The molecule has 1 amide bonds. The van der Waals surface area contributed by atoms with Crippen molar-refractivity contribution in [3.05, 3.63) is 66.2 Å². The summed E-state index contributed by atoms with van der Waals surface area (Å²) < 4.78 is 10.1. The molecule has 0 spiro atoms. The number of esters is 1. The van der Waals surface area contributed by atoms with Crippen LogP contribution in [0.1, 0.15) is 17.3 Å². The Balaban J connectivity index is 1.52. The Hall–Kier alpha value is -3.39. The van der Waals surface area contributed by atoms with E-state index in [4.69, 9.17) is 4.74 Å². The molecule has 0 unspecified atom stereocenters. The van der Waals surface area contributed by atoms with Crippen LogP contribution in [0.5, 0.6) is 5.75 Å². The number of ether oxygens (including phenoxy) is 2. The van der Waals surface area contributed by atoms with Crippen molar-refractivity contribution in [1.29, 1.82) is 0 Å². The fourth-order valence-corrected chi connectivity index (χ4v) is 3.20. The Morgan fingerprint density at radius 3 is 2.30 bits per heavy atom. The molecule has 0 aliphatic rings. The first kappa shape index (κ1) is 21.3. The van der Waals surface area contributed by atoms with Gasteiger partial charge in [0.1, 0.15) is 10.8 Å². The second-order valence-corrected chi connectivity index (χ2v) is 7.12. The van der Waals surface area contributed by atoms with Crippen LogP contribution < -0.4 is 10.1 Å². The van der Waals surface area contributed by atoms with Crippen molar-refractivity contribution in [3.8, 4) is 17.0 Å². The third-order valence-corrected chi connectivity index (χ3v) is 4.96. The molecule has 30 heavy (non-hydrogen) atoms. The Kier molecular flexibility index (Phi) is 7.40. The maximum Gasteiger partial charge on any atom is 0.337 e. The first-order valence-corrected chi connectivity index (χ1v) is 10.3. The van der Waals surface area contributed by atoms with Gasteiger partial charge in [-0.15, -0.1) is 10.2 Å². The van der Waals surface area contributed by atoms with E-state index < -0.39 is 5.97 Å². The molecule has 7 nitrogen and oxygen atoms in total. The van der Waals surface area contributed by atoms with Crippen LogP contribution in [0.25, 0.3) is 11.3 Å². The normalized spacial score (nSPS) is 10.3. The molecule has 1 N–H and O–H groups in total. The molecule has 3 rings (SSSR count). The van der Waals surface area contributed by atoms with Crippen molar-refractivity contribution in [1.82, 2.24) is 10.2 Å². The van der Waals surface area contributed by atoms with Crippen LogP contribution in [0.15, 0.2) is 65.7 Å². The third-order valence-electron chi connectivity index (χ3n) is 4.04. The molecule has 0 aliphatic carbocycles. The first-order chi connectivity index (χ1) is 14.6. The molecular weight excluding hydrogens is 402 g/mol. The van der Waals surface area contributed by atoms with Gasteiger partial charge in [0, 0.05) is 11.3 Å². The van der Waals surface area contributed by atoms with E-state index >= 15 is 0 Å². The fourth-order valence-electron chi connectivity index (χ4n) is 2.58. The van der Waals surface area contributed by atoms with Gasteiger partial charge in [-0.2, -0.15) is 0 Å². The molecule has 2 aromatic carbocycles. The predicted octanol–water partition coefficient (Wildman–Crippen LogP) is 4.06. The fraction of sp³-hybridized carbons (Fsp3) is 0.182. The minimum absolute atomic E-state index is 0.178. The van der Waals surface area contributed by atoms with E-state index in [9.17, 15) is 9.59 Å². The van der Waals surface area contributed by atoms with Crippen LogP contribution in [-0.2, 0) is 9.53 Å². The summed E-state index contributed by atoms with van der Waals surface area (Å²) >= 11 is 1.29. The molecule has 8 heteroatoms. The van der Waals surface area contributed by atoms with Gasteiger partial charge in [-0.05, 0) is 67.6 Å². The summed E-state index contributed by atoms with van der Waals surface area (Å²) in [6.45, 7) is 2.56. The summed E-state index contributed by atoms with van der Waals surface area (Å²) in [7, 11) is 1.32. The highest BCUT2D eigenvalue weighted by Crippen LogP contribution is 2.22. The smallest absolute Gasteiger partial charge is 0.337 e. The lowest BCUT2D eigenvalue weighted by molar-refractivity contribution is -0.113. The van der Waals surface area contributed by atoms with Crippen molar-refractivity contribution >= 4 is 29.3 Å². The minimum Gasteiger partial charge on any atom is -0.494 e. The standard InChI is InChI=1S/C22H21N3O4S/c1-3-29-18-10-6-15(7-11-18)19-12-13-21(25-24-19)30-14-20(26)23-17-8-4-16(5-9-17)22(27)28-2/h4-13H,3,14H2,1-2H3,(H,23,26). The molecule has 1 aromatic heterocycles. The molecule has 0 bridgehead atoms. The van der Waals surface area contributed by atoms with Crippen molar-refractivity contribution in [2.45, 2.75) is 11.9 Å². The van der Waals surface area contributed by atoms with Gasteiger partial charge in [-0.25, -0.2) is 4.79 Å². The van der Waals surface area contributed by atoms with Crippen molar-refractivity contribution in [3.63, 3.8) is 0 Å². The number of aromatic nitrogens is 2. The number of methoxy groups -OCH3 is 1. The minimum atomic E-state index is -0.421. The number of hydrogen-bond donors (Lipinski definition) is 1. The summed E-state index contributed by atoms with van der Waals surface area (Å²) in [6.07, 6.45) is 0. The second-order valence-electron chi connectivity index (χ2n) is 6.12. The number of benzene rings is 2. The van der Waals surface area contributed by atoms with E-state index in [1.807, 2.05) is 43.3 Å². The zero-order valence-corrected chi connectivity index (χ0v) is 17.4. The highest BCUT2D eigenvalue weighted by molar-refractivity contribution is 7.99. The number of nitrogens with zero attached hydrogens (tertiary/aromatic N) is 2. The number of carbonyl (C=O) groups excluding carboxylic acids is 2. The molecule has 0 radical (unpaired) electrons. The van der Waals surface area contributed by atoms with Gasteiger partial charge in [-0.3, -0.25) is 4.79 Å². The topological polar surface area (TPSA) is 90.4 Å². The largest absolute Gasteiger partial charge is 0.494 e. The summed E-state index contributed by atoms with van der Waals surface area (Å²) in [5.41, 5.74) is 2.71. The van der Waals surface area contributed by atoms with Crippen molar-refractivity contribution in [2.75, 3.05) is 24.8 Å². The molecule has 3 aromatic rings. The first-order valence-electron chi connectivity index (χ1n) is 9.27. The number of anilines is 1. The highest BCUT2D eigenvalue weighted by atomic mass is 32.2. The molecule has 0 fully saturated rings. The summed E-state index contributed by atoms with van der Waals surface area (Å²) in [5, 5.41) is 11.8. The second kappa shape index (κ2) is 10.4. The van der Waals surface area contributed by atoms with Crippen LogP contribution in [0, 0.1) is 0 Å². The Morgan fingerprint density at radius 1 is 0.967 bits per heavy atom. The van der Waals surface area contributed by atoms with E-state index in [1.165, 1.54) is 18.9 Å².